The highest BCUT2D eigenvalue weighted by atomic mass is 16.5. The predicted octanol–water partition coefficient (Wildman–Crippen LogP) is 1.59. The van der Waals surface area contributed by atoms with Crippen LogP contribution in [0, 0.1) is 5.92 Å². The third-order valence-corrected chi connectivity index (χ3v) is 2.79. The van der Waals surface area contributed by atoms with Crippen molar-refractivity contribution in [3.63, 3.8) is 0 Å². The molecular formula is C9H16O2. The molecule has 2 aliphatic heterocycles. The van der Waals surface area contributed by atoms with Crippen molar-refractivity contribution in [3.05, 3.63) is 0 Å². The third-order valence-electron chi connectivity index (χ3n) is 2.79. The van der Waals surface area contributed by atoms with E-state index in [0.29, 0.717) is 12.2 Å². The van der Waals surface area contributed by atoms with Gasteiger partial charge >= 0.3 is 0 Å². The first-order chi connectivity index (χ1) is 5.38. The van der Waals surface area contributed by atoms with Gasteiger partial charge in [0.25, 0.3) is 0 Å². The molecule has 2 atom stereocenters. The summed E-state index contributed by atoms with van der Waals surface area (Å²) >= 11 is 0. The van der Waals surface area contributed by atoms with Gasteiger partial charge in [-0.2, -0.15) is 0 Å². The van der Waals surface area contributed by atoms with Crippen molar-refractivity contribution in [1.82, 2.24) is 0 Å². The minimum Gasteiger partial charge on any atom is -0.384 e. The summed E-state index contributed by atoms with van der Waals surface area (Å²) in [6.07, 6.45) is 6.15. The lowest BCUT2D eigenvalue weighted by molar-refractivity contribution is -0.0355. The highest BCUT2D eigenvalue weighted by molar-refractivity contribution is 4.84. The predicted molar refractivity (Wildman–Crippen MR) is 42.5 cm³/mol. The third kappa shape index (κ3) is 1.57. The van der Waals surface area contributed by atoms with Gasteiger partial charge in [-0.25, -0.2) is 0 Å². The van der Waals surface area contributed by atoms with Crippen LogP contribution < -0.4 is 0 Å². The fourth-order valence-electron chi connectivity index (χ4n) is 2.34. The molecule has 0 N–H and O–H groups in total. The summed E-state index contributed by atoms with van der Waals surface area (Å²) in [5.74, 6) is 0.770. The fraction of sp³-hybridized carbons (Fsp3) is 1.00. The van der Waals surface area contributed by atoms with E-state index >= 15 is 0 Å². The van der Waals surface area contributed by atoms with Crippen molar-refractivity contribution in [3.8, 4) is 0 Å². The van der Waals surface area contributed by atoms with Crippen LogP contribution in [0.3, 0.4) is 0 Å². The number of methoxy groups -OCH3 is 1. The smallest absolute Gasteiger partial charge is 0.0583 e. The van der Waals surface area contributed by atoms with Crippen molar-refractivity contribution in [2.45, 2.75) is 37.9 Å². The standard InChI is InChI=1S/C9H16O2/c1-10-6-7-4-8-2-3-9(5-7)11-8/h7-9H,2-6H2,1H3. The molecule has 2 saturated heterocycles. The van der Waals surface area contributed by atoms with Crippen LogP contribution in [-0.4, -0.2) is 25.9 Å². The number of hydrogen-bond donors (Lipinski definition) is 0. The maximum atomic E-state index is 5.72. The maximum Gasteiger partial charge on any atom is 0.0583 e. The van der Waals surface area contributed by atoms with E-state index in [-0.39, 0.29) is 0 Å². The van der Waals surface area contributed by atoms with Crippen LogP contribution in [0.1, 0.15) is 25.7 Å². The van der Waals surface area contributed by atoms with Gasteiger partial charge in [-0.05, 0) is 31.6 Å². The van der Waals surface area contributed by atoms with Crippen LogP contribution in [-0.2, 0) is 9.47 Å². The zero-order chi connectivity index (χ0) is 7.68. The number of hydrogen-bond acceptors (Lipinski definition) is 2. The molecule has 0 saturated carbocycles. The van der Waals surface area contributed by atoms with Gasteiger partial charge < -0.3 is 9.47 Å². The first-order valence-electron chi connectivity index (χ1n) is 4.53. The van der Waals surface area contributed by atoms with Gasteiger partial charge in [0, 0.05) is 13.7 Å². The van der Waals surface area contributed by atoms with Crippen molar-refractivity contribution < 1.29 is 9.47 Å². The van der Waals surface area contributed by atoms with E-state index in [9.17, 15) is 0 Å². The maximum absolute atomic E-state index is 5.72. The van der Waals surface area contributed by atoms with Crippen molar-refractivity contribution in [1.29, 1.82) is 0 Å². The molecule has 2 aliphatic rings. The molecule has 2 fully saturated rings. The largest absolute Gasteiger partial charge is 0.384 e. The molecule has 11 heavy (non-hydrogen) atoms. The van der Waals surface area contributed by atoms with Crippen LogP contribution in [0.2, 0.25) is 0 Å². The molecule has 0 aromatic heterocycles. The molecule has 0 aromatic carbocycles. The molecule has 0 aromatic rings. The molecule has 0 radical (unpaired) electrons. The van der Waals surface area contributed by atoms with Gasteiger partial charge in [0.05, 0.1) is 12.2 Å². The minimum atomic E-state index is 0.564. The molecule has 2 unspecified atom stereocenters. The summed E-state index contributed by atoms with van der Waals surface area (Å²) in [6, 6.07) is 0. The normalized spacial score (nSPS) is 42.8. The average molecular weight is 156 g/mol. The molecule has 2 heterocycles. The highest BCUT2D eigenvalue weighted by Crippen LogP contribution is 2.35. The molecule has 64 valence electrons. The van der Waals surface area contributed by atoms with E-state index in [1.165, 1.54) is 25.7 Å². The molecule has 2 nitrogen and oxygen atoms in total. The van der Waals surface area contributed by atoms with Gasteiger partial charge in [0.15, 0.2) is 0 Å². The van der Waals surface area contributed by atoms with Gasteiger partial charge in [-0.15, -0.1) is 0 Å². The molecule has 0 spiro atoms. The van der Waals surface area contributed by atoms with E-state index in [4.69, 9.17) is 9.47 Å². The van der Waals surface area contributed by atoms with Crippen LogP contribution >= 0.6 is 0 Å². The Morgan fingerprint density at radius 3 is 2.45 bits per heavy atom. The number of rotatable bonds is 2. The van der Waals surface area contributed by atoms with E-state index in [1.54, 1.807) is 7.11 Å². The summed E-state index contributed by atoms with van der Waals surface area (Å²) in [7, 11) is 1.79. The molecular weight excluding hydrogens is 140 g/mol. The second-order valence-electron chi connectivity index (χ2n) is 3.75. The van der Waals surface area contributed by atoms with E-state index in [0.717, 1.165) is 12.5 Å². The summed E-state index contributed by atoms with van der Waals surface area (Å²) in [5.41, 5.74) is 0. The molecule has 0 aliphatic carbocycles. The van der Waals surface area contributed by atoms with Crippen molar-refractivity contribution >= 4 is 0 Å². The summed E-state index contributed by atoms with van der Waals surface area (Å²) < 4.78 is 10.9. The Hall–Kier alpha value is -0.0800. The van der Waals surface area contributed by atoms with E-state index in [2.05, 4.69) is 0 Å². The lowest BCUT2D eigenvalue weighted by Gasteiger charge is -2.27. The lowest BCUT2D eigenvalue weighted by atomic mass is 9.97. The Kier molecular flexibility index (Phi) is 2.14. The van der Waals surface area contributed by atoms with Crippen molar-refractivity contribution in [2.75, 3.05) is 13.7 Å². The van der Waals surface area contributed by atoms with Crippen LogP contribution in [0.5, 0.6) is 0 Å². The Labute approximate surface area is 67.9 Å². The van der Waals surface area contributed by atoms with Crippen LogP contribution in [0.4, 0.5) is 0 Å². The first-order valence-corrected chi connectivity index (χ1v) is 4.53. The Bertz CT molecular complexity index is 124. The molecule has 2 bridgehead atoms. The summed E-state index contributed by atoms with van der Waals surface area (Å²) in [5, 5.41) is 0. The summed E-state index contributed by atoms with van der Waals surface area (Å²) in [4.78, 5) is 0. The zero-order valence-corrected chi connectivity index (χ0v) is 7.08. The first kappa shape index (κ1) is 7.56. The highest BCUT2D eigenvalue weighted by Gasteiger charge is 2.34. The quantitative estimate of drug-likeness (QED) is 0.604. The second kappa shape index (κ2) is 3.11. The Morgan fingerprint density at radius 2 is 1.91 bits per heavy atom. The second-order valence-corrected chi connectivity index (χ2v) is 3.75. The lowest BCUT2D eigenvalue weighted by Crippen LogP contribution is -2.27. The molecule has 2 heteroatoms. The minimum absolute atomic E-state index is 0.564. The monoisotopic (exact) mass is 156 g/mol. The Morgan fingerprint density at radius 1 is 1.27 bits per heavy atom. The van der Waals surface area contributed by atoms with E-state index < -0.39 is 0 Å². The van der Waals surface area contributed by atoms with Crippen molar-refractivity contribution in [2.24, 2.45) is 5.92 Å². The summed E-state index contributed by atoms with van der Waals surface area (Å²) in [6.45, 7) is 0.927. The van der Waals surface area contributed by atoms with Crippen LogP contribution in [0.25, 0.3) is 0 Å². The zero-order valence-electron chi connectivity index (χ0n) is 7.08. The van der Waals surface area contributed by atoms with Crippen LogP contribution in [0.15, 0.2) is 0 Å². The SMILES string of the molecule is COCC1CC2CCC(C1)O2. The van der Waals surface area contributed by atoms with Gasteiger partial charge in [0.1, 0.15) is 0 Å². The van der Waals surface area contributed by atoms with Gasteiger partial charge in [-0.3, -0.25) is 0 Å². The van der Waals surface area contributed by atoms with Gasteiger partial charge in [0.2, 0.25) is 0 Å². The number of ether oxygens (including phenoxy) is 2. The van der Waals surface area contributed by atoms with E-state index in [1.807, 2.05) is 0 Å². The molecule has 2 rings (SSSR count). The van der Waals surface area contributed by atoms with Gasteiger partial charge in [-0.1, -0.05) is 0 Å². The average Bonchev–Trinajstić information content (AvgIpc) is 2.32. The number of fused-ring (bicyclic) bond motifs is 2. The Balaban J connectivity index is 1.87. The molecule has 0 amide bonds. The topological polar surface area (TPSA) is 18.5 Å². The fourth-order valence-corrected chi connectivity index (χ4v) is 2.34.